The van der Waals surface area contributed by atoms with Crippen molar-refractivity contribution in [2.24, 2.45) is 5.10 Å². The van der Waals surface area contributed by atoms with Gasteiger partial charge in [-0.3, -0.25) is 0 Å². The number of urea groups is 1. The lowest BCUT2D eigenvalue weighted by molar-refractivity contribution is -0.786. The molecule has 3 aromatic rings. The van der Waals surface area contributed by atoms with Crippen LogP contribution in [0.25, 0.3) is 11.5 Å². The van der Waals surface area contributed by atoms with E-state index in [9.17, 15) is 4.79 Å². The predicted octanol–water partition coefficient (Wildman–Crippen LogP) is 4.35. The fraction of sp³-hybridized carbons (Fsp3) is 0.261. The van der Waals surface area contributed by atoms with Crippen LogP contribution in [-0.4, -0.2) is 34.5 Å². The number of rotatable bonds is 8. The molecule has 1 N–H and O–H groups in total. The SMILES string of the molecule is CC(C)[N+]1(Cc2ccccc2OCCc2coc(-c3ccccc3)n2)C=NNC1=O. The van der Waals surface area contributed by atoms with E-state index in [-0.39, 0.29) is 16.6 Å². The average molecular weight is 405 g/mol. The van der Waals surface area contributed by atoms with Gasteiger partial charge in [0.05, 0.1) is 18.3 Å². The number of benzene rings is 2. The van der Waals surface area contributed by atoms with Crippen LogP contribution in [-0.2, 0) is 13.0 Å². The summed E-state index contributed by atoms with van der Waals surface area (Å²) in [6.07, 6.45) is 3.96. The Hall–Kier alpha value is -3.45. The molecule has 4 rings (SSSR count). The third-order valence-electron chi connectivity index (χ3n) is 5.32. The summed E-state index contributed by atoms with van der Waals surface area (Å²) < 4.78 is 11.8. The number of carbonyl (C=O) groups is 1. The van der Waals surface area contributed by atoms with Crippen molar-refractivity contribution >= 4 is 12.4 Å². The van der Waals surface area contributed by atoms with Gasteiger partial charge in [0.2, 0.25) is 12.2 Å². The number of hydrazone groups is 1. The van der Waals surface area contributed by atoms with Crippen LogP contribution in [0.3, 0.4) is 0 Å². The highest BCUT2D eigenvalue weighted by atomic mass is 16.5. The molecule has 7 nitrogen and oxygen atoms in total. The third-order valence-corrected chi connectivity index (χ3v) is 5.32. The van der Waals surface area contributed by atoms with Gasteiger partial charge in [0.25, 0.3) is 0 Å². The van der Waals surface area contributed by atoms with E-state index in [1.165, 1.54) is 0 Å². The minimum Gasteiger partial charge on any atom is -0.493 e. The number of ether oxygens (including phenoxy) is 1. The van der Waals surface area contributed by atoms with E-state index in [1.54, 1.807) is 12.6 Å². The van der Waals surface area contributed by atoms with E-state index in [1.807, 2.05) is 68.4 Å². The molecule has 2 amide bonds. The van der Waals surface area contributed by atoms with Crippen LogP contribution in [0.4, 0.5) is 4.79 Å². The number of hydrogen-bond donors (Lipinski definition) is 1. The van der Waals surface area contributed by atoms with E-state index in [0.717, 1.165) is 22.6 Å². The Balaban J connectivity index is 1.42. The molecule has 0 spiro atoms. The Morgan fingerprint density at radius 2 is 1.87 bits per heavy atom. The fourth-order valence-corrected chi connectivity index (χ4v) is 3.45. The first-order chi connectivity index (χ1) is 14.6. The topological polar surface area (TPSA) is 76.7 Å². The van der Waals surface area contributed by atoms with Crippen molar-refractivity contribution in [3.63, 3.8) is 0 Å². The molecular formula is C23H25N4O3+. The first-order valence-electron chi connectivity index (χ1n) is 10.0. The van der Waals surface area contributed by atoms with Gasteiger partial charge in [-0.1, -0.05) is 30.3 Å². The number of para-hydroxylation sites is 1. The molecule has 7 heteroatoms. The molecule has 0 saturated carbocycles. The van der Waals surface area contributed by atoms with E-state index in [4.69, 9.17) is 9.15 Å². The van der Waals surface area contributed by atoms with Crippen LogP contribution in [0.1, 0.15) is 25.1 Å². The van der Waals surface area contributed by atoms with Crippen LogP contribution in [0.5, 0.6) is 5.75 Å². The lowest BCUT2D eigenvalue weighted by Gasteiger charge is -2.30. The summed E-state index contributed by atoms with van der Waals surface area (Å²) in [7, 11) is 0. The molecule has 0 fully saturated rings. The first kappa shape index (κ1) is 19.8. The summed E-state index contributed by atoms with van der Waals surface area (Å²) in [5.41, 5.74) is 5.30. The third kappa shape index (κ3) is 3.97. The zero-order chi connectivity index (χ0) is 21.0. The number of amides is 2. The van der Waals surface area contributed by atoms with Crippen LogP contribution < -0.4 is 10.2 Å². The highest BCUT2D eigenvalue weighted by molar-refractivity contribution is 5.80. The molecule has 0 bridgehead atoms. The summed E-state index contributed by atoms with van der Waals surface area (Å²) in [6.45, 7) is 4.95. The van der Waals surface area contributed by atoms with Gasteiger partial charge in [0.1, 0.15) is 18.6 Å². The Morgan fingerprint density at radius 3 is 2.60 bits per heavy atom. The summed E-state index contributed by atoms with van der Waals surface area (Å²) in [6, 6.07) is 17.5. The number of hydrogen-bond acceptors (Lipinski definition) is 5. The molecule has 2 aromatic carbocycles. The van der Waals surface area contributed by atoms with Crippen molar-refractivity contribution in [1.29, 1.82) is 0 Å². The van der Waals surface area contributed by atoms with Gasteiger partial charge in [-0.25, -0.2) is 9.78 Å². The minimum absolute atomic E-state index is 0.0517. The maximum atomic E-state index is 12.4. The van der Waals surface area contributed by atoms with Gasteiger partial charge in [0.15, 0.2) is 0 Å². The normalized spacial score (nSPS) is 18.0. The lowest BCUT2D eigenvalue weighted by Crippen LogP contribution is -2.54. The van der Waals surface area contributed by atoms with Gasteiger partial charge in [-0.05, 0) is 38.1 Å². The molecule has 0 saturated heterocycles. The standard InChI is InChI=1S/C23H24N4O3/c1-17(2)27(16-24-26-23(27)28)14-19-10-6-7-11-21(19)29-13-12-20-15-30-22(25-20)18-8-4-3-5-9-18/h3-11,15-17H,12-14H2,1-2H3/p+1. The second kappa shape index (κ2) is 8.51. The van der Waals surface area contributed by atoms with Crippen molar-refractivity contribution in [2.45, 2.75) is 32.9 Å². The van der Waals surface area contributed by atoms with E-state index in [2.05, 4.69) is 15.5 Å². The summed E-state index contributed by atoms with van der Waals surface area (Å²) >= 11 is 0. The van der Waals surface area contributed by atoms with Gasteiger partial charge < -0.3 is 9.15 Å². The van der Waals surface area contributed by atoms with Crippen molar-refractivity contribution in [1.82, 2.24) is 10.4 Å². The quantitative estimate of drug-likeness (QED) is 0.565. The maximum Gasteiger partial charge on any atom is 0.443 e. The van der Waals surface area contributed by atoms with Gasteiger partial charge in [-0.15, -0.1) is 5.10 Å². The molecule has 1 aliphatic heterocycles. The highest BCUT2D eigenvalue weighted by Crippen LogP contribution is 2.27. The largest absolute Gasteiger partial charge is 0.493 e. The summed E-state index contributed by atoms with van der Waals surface area (Å²) in [4.78, 5) is 17.0. The summed E-state index contributed by atoms with van der Waals surface area (Å²) in [5, 5.41) is 3.98. The number of nitrogens with one attached hydrogen (secondary N) is 1. The molecule has 30 heavy (non-hydrogen) atoms. The molecule has 0 radical (unpaired) electrons. The van der Waals surface area contributed by atoms with Crippen molar-refractivity contribution in [3.8, 4) is 17.2 Å². The molecule has 1 aliphatic rings. The molecule has 0 aliphatic carbocycles. The first-order valence-corrected chi connectivity index (χ1v) is 10.0. The van der Waals surface area contributed by atoms with Gasteiger partial charge in [-0.2, -0.15) is 9.91 Å². The predicted molar refractivity (Wildman–Crippen MR) is 114 cm³/mol. The number of quaternary nitrogens is 1. The van der Waals surface area contributed by atoms with Crippen LogP contribution in [0.2, 0.25) is 0 Å². The highest BCUT2D eigenvalue weighted by Gasteiger charge is 2.43. The number of oxazole rings is 1. The second-order valence-corrected chi connectivity index (χ2v) is 7.56. The zero-order valence-corrected chi connectivity index (χ0v) is 17.1. The van der Waals surface area contributed by atoms with E-state index < -0.39 is 0 Å². The number of carbonyl (C=O) groups excluding carboxylic acids is 1. The number of nitrogens with zero attached hydrogens (tertiary/aromatic N) is 3. The van der Waals surface area contributed by atoms with Crippen LogP contribution >= 0.6 is 0 Å². The maximum absolute atomic E-state index is 12.4. The van der Waals surface area contributed by atoms with Crippen molar-refractivity contribution in [2.75, 3.05) is 6.61 Å². The van der Waals surface area contributed by atoms with Crippen LogP contribution in [0.15, 0.2) is 70.4 Å². The lowest BCUT2D eigenvalue weighted by atomic mass is 10.1. The zero-order valence-electron chi connectivity index (χ0n) is 17.1. The van der Waals surface area contributed by atoms with Crippen molar-refractivity contribution in [3.05, 3.63) is 72.1 Å². The van der Waals surface area contributed by atoms with E-state index in [0.29, 0.717) is 25.5 Å². The Morgan fingerprint density at radius 1 is 1.10 bits per heavy atom. The smallest absolute Gasteiger partial charge is 0.443 e. The Bertz CT molecular complexity index is 1050. The minimum atomic E-state index is -0.129. The van der Waals surface area contributed by atoms with Crippen molar-refractivity contribution < 1.29 is 18.4 Å². The van der Waals surface area contributed by atoms with Gasteiger partial charge >= 0.3 is 6.03 Å². The summed E-state index contributed by atoms with van der Waals surface area (Å²) in [5.74, 6) is 1.37. The van der Waals surface area contributed by atoms with Gasteiger partial charge in [0, 0.05) is 17.5 Å². The molecule has 1 aromatic heterocycles. The second-order valence-electron chi connectivity index (χ2n) is 7.56. The fourth-order valence-electron chi connectivity index (χ4n) is 3.45. The Labute approximate surface area is 175 Å². The molecule has 1 unspecified atom stereocenters. The molecule has 2 heterocycles. The van der Waals surface area contributed by atoms with Crippen LogP contribution in [0, 0.1) is 0 Å². The number of aromatic nitrogens is 1. The average Bonchev–Trinajstić information content (AvgIpc) is 3.38. The molecule has 1 atom stereocenters. The molecule has 154 valence electrons. The molecular weight excluding hydrogens is 380 g/mol. The van der Waals surface area contributed by atoms with E-state index >= 15 is 0 Å². The Kier molecular flexibility index (Phi) is 5.63. The monoisotopic (exact) mass is 405 g/mol.